The van der Waals surface area contributed by atoms with E-state index in [0.29, 0.717) is 17.7 Å². The quantitative estimate of drug-likeness (QED) is 0.516. The Bertz CT molecular complexity index is 926. The van der Waals surface area contributed by atoms with Crippen molar-refractivity contribution in [3.8, 4) is 11.3 Å². The second-order valence-corrected chi connectivity index (χ2v) is 8.92. The molecule has 0 fully saturated rings. The molecule has 0 aliphatic carbocycles. The van der Waals surface area contributed by atoms with Gasteiger partial charge in [-0.15, -0.1) is 5.10 Å². The number of hydrogen-bond acceptors (Lipinski definition) is 5. The van der Waals surface area contributed by atoms with Gasteiger partial charge in [0.2, 0.25) is 0 Å². The number of rotatable bonds is 8. The Morgan fingerprint density at radius 3 is 1.96 bits per heavy atom. The fraction of sp³-hybridized carbons (Fsp3) is 0.333. The van der Waals surface area contributed by atoms with Crippen molar-refractivity contribution in [1.29, 1.82) is 0 Å². The Morgan fingerprint density at radius 2 is 1.43 bits per heavy atom. The molecule has 0 saturated heterocycles. The van der Waals surface area contributed by atoms with Crippen molar-refractivity contribution < 1.29 is 13.6 Å². The van der Waals surface area contributed by atoms with Crippen LogP contribution in [0.2, 0.25) is 0 Å². The molecule has 28 heavy (non-hydrogen) atoms. The molecule has 6 nitrogen and oxygen atoms in total. The molecule has 0 aliphatic rings. The molecule has 0 spiro atoms. The van der Waals surface area contributed by atoms with Gasteiger partial charge >= 0.3 is 7.60 Å². The standard InChI is InChI=1S/C21H26N3O3P/c1-16(2)26-28(25,27-17(3)4)21-20(19-13-9-6-10-14-19)22-23-24(21)15-18-11-7-5-8-12-18/h5-14,16-17H,15H2,1-4H3. The third kappa shape index (κ3) is 4.76. The molecule has 148 valence electrons. The highest BCUT2D eigenvalue weighted by atomic mass is 31.2. The lowest BCUT2D eigenvalue weighted by Crippen LogP contribution is -2.26. The lowest BCUT2D eigenvalue weighted by atomic mass is 10.2. The van der Waals surface area contributed by atoms with Gasteiger partial charge in [0.15, 0.2) is 5.44 Å². The van der Waals surface area contributed by atoms with E-state index in [1.54, 1.807) is 4.68 Å². The topological polar surface area (TPSA) is 66.2 Å². The minimum Gasteiger partial charge on any atom is -0.301 e. The summed E-state index contributed by atoms with van der Waals surface area (Å²) in [6.45, 7) is 7.77. The van der Waals surface area contributed by atoms with E-state index in [0.717, 1.165) is 11.1 Å². The molecule has 2 aromatic carbocycles. The maximum Gasteiger partial charge on any atom is 0.382 e. The van der Waals surface area contributed by atoms with Crippen LogP contribution in [-0.2, 0) is 20.2 Å². The summed E-state index contributed by atoms with van der Waals surface area (Å²) in [5, 5.41) is 8.65. The van der Waals surface area contributed by atoms with E-state index in [2.05, 4.69) is 10.3 Å². The molecule has 3 aromatic rings. The molecule has 3 rings (SSSR count). The van der Waals surface area contributed by atoms with Gasteiger partial charge in [0.25, 0.3) is 0 Å². The Labute approximate surface area is 166 Å². The summed E-state index contributed by atoms with van der Waals surface area (Å²) in [5.41, 5.74) is 2.73. The molecule has 1 heterocycles. The molecule has 0 saturated carbocycles. The average molecular weight is 399 g/mol. The van der Waals surface area contributed by atoms with E-state index in [-0.39, 0.29) is 12.2 Å². The summed E-state index contributed by atoms with van der Waals surface area (Å²) in [7, 11) is -3.68. The van der Waals surface area contributed by atoms with Gasteiger partial charge in [0.1, 0.15) is 5.69 Å². The number of aromatic nitrogens is 3. The highest BCUT2D eigenvalue weighted by molar-refractivity contribution is 7.62. The zero-order chi connectivity index (χ0) is 20.1. The van der Waals surface area contributed by atoms with Crippen molar-refractivity contribution >= 4 is 13.0 Å². The predicted octanol–water partition coefficient (Wildman–Crippen LogP) is 4.66. The van der Waals surface area contributed by atoms with Gasteiger partial charge in [0, 0.05) is 5.56 Å². The Balaban J connectivity index is 2.16. The molecule has 0 amide bonds. The molecule has 0 unspecified atom stereocenters. The van der Waals surface area contributed by atoms with Gasteiger partial charge in [-0.05, 0) is 33.3 Å². The molecule has 0 bridgehead atoms. The second-order valence-electron chi connectivity index (χ2n) is 7.08. The van der Waals surface area contributed by atoms with E-state index in [9.17, 15) is 4.57 Å². The molecule has 0 atom stereocenters. The van der Waals surface area contributed by atoms with Crippen LogP contribution in [0.1, 0.15) is 33.3 Å². The zero-order valence-corrected chi connectivity index (χ0v) is 17.5. The van der Waals surface area contributed by atoms with Gasteiger partial charge in [-0.1, -0.05) is 65.9 Å². The zero-order valence-electron chi connectivity index (χ0n) is 16.6. The summed E-state index contributed by atoms with van der Waals surface area (Å²) < 4.78 is 27.3. The van der Waals surface area contributed by atoms with Crippen LogP contribution in [0.3, 0.4) is 0 Å². The summed E-state index contributed by atoms with van der Waals surface area (Å²) in [4.78, 5) is 0. The Morgan fingerprint density at radius 1 is 0.893 bits per heavy atom. The summed E-state index contributed by atoms with van der Waals surface area (Å²) in [5.74, 6) is 0. The second kappa shape index (κ2) is 8.82. The van der Waals surface area contributed by atoms with E-state index in [1.807, 2.05) is 88.4 Å². The maximum atomic E-state index is 14.0. The van der Waals surface area contributed by atoms with Crippen LogP contribution >= 0.6 is 7.60 Å². The van der Waals surface area contributed by atoms with E-state index in [1.165, 1.54) is 0 Å². The van der Waals surface area contributed by atoms with Crippen molar-refractivity contribution in [3.05, 3.63) is 66.2 Å². The monoisotopic (exact) mass is 399 g/mol. The fourth-order valence-corrected chi connectivity index (χ4v) is 5.09. The number of nitrogens with zero attached hydrogens (tertiary/aromatic N) is 3. The first-order valence-electron chi connectivity index (χ1n) is 9.39. The van der Waals surface area contributed by atoms with Crippen LogP contribution in [0, 0.1) is 0 Å². The third-order valence-electron chi connectivity index (χ3n) is 3.89. The van der Waals surface area contributed by atoms with Gasteiger partial charge in [-0.3, -0.25) is 4.57 Å². The molecule has 0 N–H and O–H groups in total. The van der Waals surface area contributed by atoms with Crippen LogP contribution in [0.15, 0.2) is 60.7 Å². The molecular formula is C21H26N3O3P. The summed E-state index contributed by atoms with van der Waals surface area (Å²) in [6.07, 6.45) is -0.568. The van der Waals surface area contributed by atoms with Crippen molar-refractivity contribution in [2.75, 3.05) is 0 Å². The van der Waals surface area contributed by atoms with Crippen molar-refractivity contribution in [3.63, 3.8) is 0 Å². The van der Waals surface area contributed by atoms with Crippen molar-refractivity contribution in [1.82, 2.24) is 15.0 Å². The number of hydrogen-bond donors (Lipinski definition) is 0. The fourth-order valence-electron chi connectivity index (χ4n) is 2.90. The first-order valence-corrected chi connectivity index (χ1v) is 10.9. The van der Waals surface area contributed by atoms with Gasteiger partial charge < -0.3 is 9.05 Å². The first-order chi connectivity index (χ1) is 13.4. The lowest BCUT2D eigenvalue weighted by molar-refractivity contribution is 0.149. The summed E-state index contributed by atoms with van der Waals surface area (Å²) >= 11 is 0. The van der Waals surface area contributed by atoms with Gasteiger partial charge in [-0.2, -0.15) is 0 Å². The van der Waals surface area contributed by atoms with Crippen molar-refractivity contribution in [2.24, 2.45) is 0 Å². The molecule has 1 aromatic heterocycles. The van der Waals surface area contributed by atoms with Crippen LogP contribution < -0.4 is 5.44 Å². The smallest absolute Gasteiger partial charge is 0.301 e. The van der Waals surface area contributed by atoms with Crippen LogP contribution in [0.4, 0.5) is 0 Å². The minimum absolute atomic E-state index is 0.284. The third-order valence-corrected chi connectivity index (χ3v) is 6.25. The van der Waals surface area contributed by atoms with Gasteiger partial charge in [-0.25, -0.2) is 4.68 Å². The SMILES string of the molecule is CC(C)OP(=O)(OC(C)C)c1c(-c2ccccc2)nnn1Cc1ccccc1. The first kappa shape index (κ1) is 20.5. The molecule has 0 aliphatic heterocycles. The normalized spacial score (nSPS) is 12.1. The van der Waals surface area contributed by atoms with E-state index in [4.69, 9.17) is 9.05 Å². The summed E-state index contributed by atoms with van der Waals surface area (Å²) in [6, 6.07) is 19.4. The van der Waals surface area contributed by atoms with Crippen LogP contribution in [0.5, 0.6) is 0 Å². The van der Waals surface area contributed by atoms with Crippen LogP contribution in [-0.4, -0.2) is 27.2 Å². The minimum atomic E-state index is -3.68. The van der Waals surface area contributed by atoms with Crippen LogP contribution in [0.25, 0.3) is 11.3 Å². The van der Waals surface area contributed by atoms with Crippen molar-refractivity contribution in [2.45, 2.75) is 46.4 Å². The average Bonchev–Trinajstić information content (AvgIpc) is 3.06. The van der Waals surface area contributed by atoms with E-state index >= 15 is 0 Å². The largest absolute Gasteiger partial charge is 0.382 e. The maximum absolute atomic E-state index is 14.0. The Kier molecular flexibility index (Phi) is 6.45. The molecule has 7 heteroatoms. The lowest BCUT2D eigenvalue weighted by Gasteiger charge is -2.24. The predicted molar refractivity (Wildman–Crippen MR) is 111 cm³/mol. The highest BCUT2D eigenvalue weighted by Crippen LogP contribution is 2.51. The molecule has 0 radical (unpaired) electrons. The van der Waals surface area contributed by atoms with Gasteiger partial charge in [0.05, 0.1) is 18.8 Å². The van der Waals surface area contributed by atoms with E-state index < -0.39 is 7.60 Å². The number of benzene rings is 2. The Hall–Kier alpha value is -2.27. The molecular weight excluding hydrogens is 373 g/mol. The highest BCUT2D eigenvalue weighted by Gasteiger charge is 2.38.